The first kappa shape index (κ1) is 18.0. The van der Waals surface area contributed by atoms with Gasteiger partial charge in [-0.1, -0.05) is 42.5 Å². The van der Waals surface area contributed by atoms with Crippen molar-refractivity contribution in [1.29, 1.82) is 0 Å². The maximum absolute atomic E-state index is 12.4. The molecule has 1 saturated heterocycles. The number of piperidine rings is 1. The molecule has 1 heterocycles. The molecule has 0 saturated carbocycles. The maximum atomic E-state index is 12.4. The van der Waals surface area contributed by atoms with Crippen molar-refractivity contribution in [3.63, 3.8) is 0 Å². The normalized spacial score (nSPS) is 14.8. The van der Waals surface area contributed by atoms with Gasteiger partial charge in [0.1, 0.15) is 5.75 Å². The molecule has 5 heteroatoms. The predicted octanol–water partition coefficient (Wildman–Crippen LogP) is 3.10. The van der Waals surface area contributed by atoms with Crippen LogP contribution in [0, 0.1) is 0 Å². The van der Waals surface area contributed by atoms with E-state index in [4.69, 9.17) is 9.84 Å². The van der Waals surface area contributed by atoms with Crippen LogP contribution < -0.4 is 4.74 Å². The van der Waals surface area contributed by atoms with Gasteiger partial charge in [0.2, 0.25) is 0 Å². The van der Waals surface area contributed by atoms with Gasteiger partial charge in [0.15, 0.2) is 6.61 Å². The average Bonchev–Trinajstić information content (AvgIpc) is 2.67. The number of benzene rings is 2. The lowest BCUT2D eigenvalue weighted by atomic mass is 9.89. The van der Waals surface area contributed by atoms with Gasteiger partial charge >= 0.3 is 5.97 Å². The van der Waals surface area contributed by atoms with Gasteiger partial charge in [0.05, 0.1) is 6.42 Å². The minimum atomic E-state index is -0.868. The van der Waals surface area contributed by atoms with E-state index in [1.807, 2.05) is 11.0 Å². The van der Waals surface area contributed by atoms with Crippen molar-refractivity contribution < 1.29 is 19.4 Å². The first-order valence-corrected chi connectivity index (χ1v) is 8.88. The molecular weight excluding hydrogens is 330 g/mol. The summed E-state index contributed by atoms with van der Waals surface area (Å²) in [6.45, 7) is 1.51. The molecule has 136 valence electrons. The Bertz CT molecular complexity index is 734. The molecule has 5 nitrogen and oxygen atoms in total. The van der Waals surface area contributed by atoms with Crippen molar-refractivity contribution in [1.82, 2.24) is 4.90 Å². The van der Waals surface area contributed by atoms with Crippen molar-refractivity contribution >= 4 is 11.9 Å². The van der Waals surface area contributed by atoms with Gasteiger partial charge in [-0.2, -0.15) is 0 Å². The molecule has 0 atom stereocenters. The second kappa shape index (κ2) is 8.52. The fourth-order valence-corrected chi connectivity index (χ4v) is 3.30. The van der Waals surface area contributed by atoms with Gasteiger partial charge in [0, 0.05) is 13.1 Å². The molecule has 1 aliphatic rings. The van der Waals surface area contributed by atoms with Crippen LogP contribution in [0.15, 0.2) is 54.6 Å². The number of amides is 1. The summed E-state index contributed by atoms with van der Waals surface area (Å²) in [5.41, 5.74) is 2.05. The zero-order chi connectivity index (χ0) is 18.4. The van der Waals surface area contributed by atoms with Crippen LogP contribution in [0.25, 0.3) is 0 Å². The molecule has 1 fully saturated rings. The number of carbonyl (C=O) groups is 2. The summed E-state index contributed by atoms with van der Waals surface area (Å²) in [5.74, 6) is 0.216. The van der Waals surface area contributed by atoms with Gasteiger partial charge in [0.25, 0.3) is 5.91 Å². The number of hydrogen-bond acceptors (Lipinski definition) is 3. The number of carboxylic acids is 1. The summed E-state index contributed by atoms with van der Waals surface area (Å²) >= 11 is 0. The molecule has 1 N–H and O–H groups in total. The Morgan fingerprint density at radius 1 is 1.00 bits per heavy atom. The highest BCUT2D eigenvalue weighted by Crippen LogP contribution is 2.27. The molecule has 0 aromatic heterocycles. The van der Waals surface area contributed by atoms with Crippen LogP contribution in [-0.2, 0) is 16.0 Å². The van der Waals surface area contributed by atoms with E-state index in [9.17, 15) is 9.59 Å². The van der Waals surface area contributed by atoms with E-state index in [1.165, 1.54) is 5.56 Å². The van der Waals surface area contributed by atoms with E-state index in [0.717, 1.165) is 25.9 Å². The monoisotopic (exact) mass is 353 g/mol. The lowest BCUT2D eigenvalue weighted by Crippen LogP contribution is -2.40. The third-order valence-electron chi connectivity index (χ3n) is 4.76. The Balaban J connectivity index is 1.45. The van der Waals surface area contributed by atoms with Crippen molar-refractivity contribution in [3.05, 3.63) is 65.7 Å². The molecule has 0 spiro atoms. The number of nitrogens with zero attached hydrogens (tertiary/aromatic N) is 1. The largest absolute Gasteiger partial charge is 0.484 e. The van der Waals surface area contributed by atoms with E-state index in [2.05, 4.69) is 24.3 Å². The van der Waals surface area contributed by atoms with Crippen LogP contribution in [0.5, 0.6) is 5.75 Å². The topological polar surface area (TPSA) is 66.8 Å². The first-order chi connectivity index (χ1) is 12.6. The van der Waals surface area contributed by atoms with Crippen LogP contribution in [-0.4, -0.2) is 41.6 Å². The zero-order valence-corrected chi connectivity index (χ0v) is 14.6. The van der Waals surface area contributed by atoms with Crippen molar-refractivity contribution in [2.75, 3.05) is 19.7 Å². The lowest BCUT2D eigenvalue weighted by molar-refractivity contribution is -0.136. The average molecular weight is 353 g/mol. The van der Waals surface area contributed by atoms with Gasteiger partial charge in [-0.3, -0.25) is 9.59 Å². The van der Waals surface area contributed by atoms with Crippen LogP contribution in [0.2, 0.25) is 0 Å². The highest BCUT2D eigenvalue weighted by atomic mass is 16.5. The Labute approximate surface area is 153 Å². The Hall–Kier alpha value is -2.82. The van der Waals surface area contributed by atoms with Crippen LogP contribution in [0.1, 0.15) is 29.9 Å². The molecule has 0 radical (unpaired) electrons. The molecule has 2 aromatic rings. The number of hydrogen-bond donors (Lipinski definition) is 1. The van der Waals surface area contributed by atoms with E-state index in [1.54, 1.807) is 24.3 Å². The van der Waals surface area contributed by atoms with E-state index >= 15 is 0 Å². The van der Waals surface area contributed by atoms with Gasteiger partial charge in [-0.25, -0.2) is 0 Å². The van der Waals surface area contributed by atoms with Crippen molar-refractivity contribution in [3.8, 4) is 5.75 Å². The minimum absolute atomic E-state index is 0.00822. The Kier molecular flexibility index (Phi) is 5.89. The summed E-state index contributed by atoms with van der Waals surface area (Å²) in [7, 11) is 0. The quantitative estimate of drug-likeness (QED) is 0.867. The summed E-state index contributed by atoms with van der Waals surface area (Å²) < 4.78 is 5.55. The van der Waals surface area contributed by atoms with Gasteiger partial charge in [-0.05, 0) is 42.0 Å². The highest BCUT2D eigenvalue weighted by Gasteiger charge is 2.23. The Morgan fingerprint density at radius 2 is 1.65 bits per heavy atom. The van der Waals surface area contributed by atoms with Crippen LogP contribution >= 0.6 is 0 Å². The molecule has 2 aromatic carbocycles. The SMILES string of the molecule is O=C(O)Cc1ccc(OCC(=O)N2CCC(c3ccccc3)CC2)cc1. The van der Waals surface area contributed by atoms with E-state index < -0.39 is 5.97 Å². The smallest absolute Gasteiger partial charge is 0.307 e. The van der Waals surface area contributed by atoms with Gasteiger partial charge < -0.3 is 14.7 Å². The number of rotatable bonds is 6. The standard InChI is InChI=1S/C21H23NO4/c23-20(15-26-19-8-6-16(7-9-19)14-21(24)25)22-12-10-18(11-13-22)17-4-2-1-3-5-17/h1-9,18H,10-15H2,(H,24,25). The van der Waals surface area contributed by atoms with Crippen LogP contribution in [0.4, 0.5) is 0 Å². The van der Waals surface area contributed by atoms with E-state index in [0.29, 0.717) is 17.2 Å². The molecule has 1 amide bonds. The number of carboxylic acid groups (broad SMARTS) is 1. The lowest BCUT2D eigenvalue weighted by Gasteiger charge is -2.32. The first-order valence-electron chi connectivity index (χ1n) is 8.88. The summed E-state index contributed by atoms with van der Waals surface area (Å²) in [6.07, 6.45) is 1.93. The minimum Gasteiger partial charge on any atom is -0.484 e. The molecule has 26 heavy (non-hydrogen) atoms. The fraction of sp³-hybridized carbons (Fsp3) is 0.333. The van der Waals surface area contributed by atoms with E-state index in [-0.39, 0.29) is 18.9 Å². The fourth-order valence-electron chi connectivity index (χ4n) is 3.30. The zero-order valence-electron chi connectivity index (χ0n) is 14.6. The maximum Gasteiger partial charge on any atom is 0.307 e. The molecular formula is C21H23NO4. The second-order valence-corrected chi connectivity index (χ2v) is 6.57. The summed E-state index contributed by atoms with van der Waals surface area (Å²) in [5, 5.41) is 8.77. The molecule has 0 unspecified atom stereocenters. The molecule has 0 aliphatic carbocycles. The number of likely N-dealkylation sites (tertiary alicyclic amines) is 1. The summed E-state index contributed by atoms with van der Waals surface area (Å²) in [4.78, 5) is 24.9. The third kappa shape index (κ3) is 4.85. The van der Waals surface area contributed by atoms with Crippen molar-refractivity contribution in [2.45, 2.75) is 25.2 Å². The van der Waals surface area contributed by atoms with Crippen molar-refractivity contribution in [2.24, 2.45) is 0 Å². The Morgan fingerprint density at radius 3 is 2.27 bits per heavy atom. The van der Waals surface area contributed by atoms with Gasteiger partial charge in [-0.15, -0.1) is 0 Å². The second-order valence-electron chi connectivity index (χ2n) is 6.57. The van der Waals surface area contributed by atoms with Crippen LogP contribution in [0.3, 0.4) is 0 Å². The summed E-state index contributed by atoms with van der Waals surface area (Å²) in [6, 6.07) is 17.3. The number of aliphatic carboxylic acids is 1. The third-order valence-corrected chi connectivity index (χ3v) is 4.76. The predicted molar refractivity (Wildman–Crippen MR) is 98.3 cm³/mol. The highest BCUT2D eigenvalue weighted by molar-refractivity contribution is 5.78. The molecule has 3 rings (SSSR count). The molecule has 1 aliphatic heterocycles. The number of carbonyl (C=O) groups excluding carboxylic acids is 1. The molecule has 0 bridgehead atoms. The number of ether oxygens (including phenoxy) is 1.